The zero-order valence-electron chi connectivity index (χ0n) is 16.2. The molecule has 5 rings (SSSR count). The van der Waals surface area contributed by atoms with E-state index in [9.17, 15) is 9.59 Å². The van der Waals surface area contributed by atoms with Crippen LogP contribution in [0.2, 0.25) is 0 Å². The van der Waals surface area contributed by atoms with Gasteiger partial charge in [0.1, 0.15) is 5.69 Å². The highest BCUT2D eigenvalue weighted by molar-refractivity contribution is 7.99. The first-order valence-corrected chi connectivity index (χ1v) is 10.6. The van der Waals surface area contributed by atoms with Crippen LogP contribution in [0.25, 0.3) is 22.3 Å². The quantitative estimate of drug-likeness (QED) is 0.494. The Kier molecular flexibility index (Phi) is 4.87. The number of hydrogen-bond donors (Lipinski definition) is 2. The van der Waals surface area contributed by atoms with Crippen LogP contribution in [0.4, 0.5) is 5.69 Å². The number of rotatable bonds is 5. The predicted molar refractivity (Wildman–Crippen MR) is 117 cm³/mol. The molecular formula is C22H17N5O3S. The first-order chi connectivity index (χ1) is 15.1. The van der Waals surface area contributed by atoms with Crippen molar-refractivity contribution in [3.8, 4) is 11.3 Å². The SMILES string of the molecule is O=C(O)CC1CSc2nc(-c3ccccc3NC(=O)c3cnc4ccccc4n3)cn21. The topological polar surface area (TPSA) is 110 Å². The lowest BCUT2D eigenvalue weighted by Crippen LogP contribution is -2.15. The average molecular weight is 431 g/mol. The number of para-hydroxylation sites is 3. The molecule has 2 aromatic carbocycles. The number of nitrogens with zero attached hydrogens (tertiary/aromatic N) is 4. The third-order valence-corrected chi connectivity index (χ3v) is 6.15. The zero-order chi connectivity index (χ0) is 21.4. The molecule has 1 aliphatic rings. The number of thioether (sulfide) groups is 1. The largest absolute Gasteiger partial charge is 0.481 e. The Morgan fingerprint density at radius 1 is 1.10 bits per heavy atom. The minimum Gasteiger partial charge on any atom is -0.481 e. The van der Waals surface area contributed by atoms with Gasteiger partial charge in [0.05, 0.1) is 41.1 Å². The third-order valence-electron chi connectivity index (χ3n) is 5.04. The molecule has 3 heterocycles. The number of imidazole rings is 1. The van der Waals surface area contributed by atoms with Crippen LogP contribution in [0.5, 0.6) is 0 Å². The average Bonchev–Trinajstić information content (AvgIpc) is 3.35. The van der Waals surface area contributed by atoms with Crippen molar-refractivity contribution < 1.29 is 14.7 Å². The second kappa shape index (κ2) is 7.84. The molecule has 0 bridgehead atoms. The van der Waals surface area contributed by atoms with E-state index in [0.29, 0.717) is 22.7 Å². The molecule has 0 aliphatic carbocycles. The summed E-state index contributed by atoms with van der Waals surface area (Å²) in [6.45, 7) is 0. The summed E-state index contributed by atoms with van der Waals surface area (Å²) in [6, 6.07) is 14.6. The van der Waals surface area contributed by atoms with E-state index in [0.717, 1.165) is 16.2 Å². The van der Waals surface area contributed by atoms with Crippen LogP contribution in [0.1, 0.15) is 23.0 Å². The van der Waals surface area contributed by atoms with E-state index in [4.69, 9.17) is 5.11 Å². The van der Waals surface area contributed by atoms with Crippen LogP contribution < -0.4 is 5.32 Å². The Morgan fingerprint density at radius 2 is 1.87 bits per heavy atom. The number of carboxylic acid groups (broad SMARTS) is 1. The number of fused-ring (bicyclic) bond motifs is 2. The molecule has 0 fully saturated rings. The maximum Gasteiger partial charge on any atom is 0.305 e. The van der Waals surface area contributed by atoms with Gasteiger partial charge in [-0.25, -0.2) is 9.97 Å². The Bertz CT molecular complexity index is 1320. The van der Waals surface area contributed by atoms with E-state index in [-0.39, 0.29) is 24.1 Å². The number of carbonyl (C=O) groups is 2. The number of anilines is 1. The number of nitrogens with one attached hydrogen (secondary N) is 1. The molecule has 1 unspecified atom stereocenters. The van der Waals surface area contributed by atoms with Crippen molar-refractivity contribution in [3.63, 3.8) is 0 Å². The summed E-state index contributed by atoms with van der Waals surface area (Å²) in [6.07, 6.45) is 3.36. The normalized spacial score (nSPS) is 15.0. The molecular weight excluding hydrogens is 414 g/mol. The van der Waals surface area contributed by atoms with Gasteiger partial charge < -0.3 is 15.0 Å². The number of hydrogen-bond acceptors (Lipinski definition) is 6. The second-order valence-corrected chi connectivity index (χ2v) is 8.11. The molecule has 0 saturated heterocycles. The van der Waals surface area contributed by atoms with Crippen LogP contribution in [0.3, 0.4) is 0 Å². The van der Waals surface area contributed by atoms with Crippen LogP contribution in [-0.2, 0) is 4.79 Å². The van der Waals surface area contributed by atoms with E-state index in [1.165, 1.54) is 18.0 Å². The fourth-order valence-corrected chi connectivity index (χ4v) is 4.69. The third kappa shape index (κ3) is 3.75. The molecule has 8 nitrogen and oxygen atoms in total. The van der Waals surface area contributed by atoms with Gasteiger partial charge >= 0.3 is 5.97 Å². The summed E-state index contributed by atoms with van der Waals surface area (Å²) in [5, 5.41) is 12.8. The molecule has 0 saturated carbocycles. The number of amides is 1. The first kappa shape index (κ1) is 19.3. The number of benzene rings is 2. The van der Waals surface area contributed by atoms with Crippen LogP contribution in [0.15, 0.2) is 66.1 Å². The van der Waals surface area contributed by atoms with E-state index in [1.807, 2.05) is 53.2 Å². The van der Waals surface area contributed by atoms with Crippen molar-refractivity contribution in [2.24, 2.45) is 0 Å². The first-order valence-electron chi connectivity index (χ1n) is 9.64. The van der Waals surface area contributed by atoms with Crippen molar-refractivity contribution in [2.75, 3.05) is 11.1 Å². The van der Waals surface area contributed by atoms with Gasteiger partial charge in [0, 0.05) is 17.5 Å². The summed E-state index contributed by atoms with van der Waals surface area (Å²) in [5.74, 6) is -0.512. The maximum atomic E-state index is 12.8. The minimum absolute atomic E-state index is 0.0504. The highest BCUT2D eigenvalue weighted by Crippen LogP contribution is 2.38. The minimum atomic E-state index is -0.835. The van der Waals surface area contributed by atoms with Crippen LogP contribution in [0, 0.1) is 0 Å². The van der Waals surface area contributed by atoms with Gasteiger partial charge in [-0.1, -0.05) is 42.1 Å². The lowest BCUT2D eigenvalue weighted by Gasteiger charge is -2.10. The molecule has 154 valence electrons. The maximum absolute atomic E-state index is 12.8. The lowest BCUT2D eigenvalue weighted by atomic mass is 10.1. The molecule has 0 radical (unpaired) electrons. The summed E-state index contributed by atoms with van der Waals surface area (Å²) in [4.78, 5) is 37.3. The highest BCUT2D eigenvalue weighted by atomic mass is 32.2. The summed E-state index contributed by atoms with van der Waals surface area (Å²) < 4.78 is 1.90. The van der Waals surface area contributed by atoms with Gasteiger partial charge in [0.25, 0.3) is 5.91 Å². The second-order valence-electron chi connectivity index (χ2n) is 7.12. The number of carboxylic acids is 1. The Labute approximate surface area is 181 Å². The summed E-state index contributed by atoms with van der Waals surface area (Å²) >= 11 is 1.53. The van der Waals surface area contributed by atoms with E-state index < -0.39 is 5.97 Å². The zero-order valence-corrected chi connectivity index (χ0v) is 17.0. The van der Waals surface area contributed by atoms with Gasteiger partial charge in [-0.2, -0.15) is 0 Å². The van der Waals surface area contributed by atoms with Crippen LogP contribution >= 0.6 is 11.8 Å². The fourth-order valence-electron chi connectivity index (χ4n) is 3.55. The van der Waals surface area contributed by atoms with Gasteiger partial charge in [0.2, 0.25) is 0 Å². The molecule has 1 aliphatic heterocycles. The molecule has 0 spiro atoms. The molecule has 1 amide bonds. The van der Waals surface area contributed by atoms with Crippen molar-refractivity contribution >= 4 is 40.4 Å². The number of carbonyl (C=O) groups excluding carboxylic acids is 1. The summed E-state index contributed by atoms with van der Waals surface area (Å²) in [5.41, 5.74) is 3.62. The monoisotopic (exact) mass is 431 g/mol. The van der Waals surface area contributed by atoms with Gasteiger partial charge in [0.15, 0.2) is 5.16 Å². The van der Waals surface area contributed by atoms with E-state index >= 15 is 0 Å². The van der Waals surface area contributed by atoms with Crippen molar-refractivity contribution in [3.05, 3.63) is 66.6 Å². The van der Waals surface area contributed by atoms with Crippen molar-refractivity contribution in [1.29, 1.82) is 0 Å². The molecule has 1 atom stereocenters. The predicted octanol–water partition coefficient (Wildman–Crippen LogP) is 3.87. The van der Waals surface area contributed by atoms with Crippen molar-refractivity contribution in [1.82, 2.24) is 19.5 Å². The molecule has 31 heavy (non-hydrogen) atoms. The lowest BCUT2D eigenvalue weighted by molar-refractivity contribution is -0.137. The molecule has 2 aromatic heterocycles. The van der Waals surface area contributed by atoms with Crippen LogP contribution in [-0.4, -0.2) is 42.3 Å². The highest BCUT2D eigenvalue weighted by Gasteiger charge is 2.27. The molecule has 2 N–H and O–H groups in total. The molecule has 9 heteroatoms. The Hall–Kier alpha value is -3.72. The van der Waals surface area contributed by atoms with E-state index in [2.05, 4.69) is 20.3 Å². The van der Waals surface area contributed by atoms with Gasteiger partial charge in [-0.3, -0.25) is 14.6 Å². The molecule has 4 aromatic rings. The fraction of sp³-hybridized carbons (Fsp3) is 0.136. The Balaban J connectivity index is 1.43. The number of aliphatic carboxylic acids is 1. The number of aromatic nitrogens is 4. The van der Waals surface area contributed by atoms with Gasteiger partial charge in [-0.15, -0.1) is 0 Å². The Morgan fingerprint density at radius 3 is 2.71 bits per heavy atom. The standard InChI is InChI=1S/C22H17N5O3S/c28-20(29)9-13-12-31-22-26-19(11-27(13)22)14-5-1-2-6-15(14)25-21(30)18-10-23-16-7-3-4-8-17(16)24-18/h1-8,10-11,13H,9,12H2,(H,25,30)(H,28,29). The van der Waals surface area contributed by atoms with Gasteiger partial charge in [-0.05, 0) is 18.2 Å². The smallest absolute Gasteiger partial charge is 0.305 e. The summed E-state index contributed by atoms with van der Waals surface area (Å²) in [7, 11) is 0. The van der Waals surface area contributed by atoms with E-state index in [1.54, 1.807) is 6.07 Å². The van der Waals surface area contributed by atoms with Crippen molar-refractivity contribution in [2.45, 2.75) is 17.6 Å².